The summed E-state index contributed by atoms with van der Waals surface area (Å²) in [5, 5.41) is 1.34. The van der Waals surface area contributed by atoms with Gasteiger partial charge in [0.15, 0.2) is 0 Å². The molecular formula is C60H41NS. The van der Waals surface area contributed by atoms with Gasteiger partial charge in [-0.3, -0.25) is 0 Å². The molecule has 0 amide bonds. The third-order valence-electron chi connectivity index (χ3n) is 14.1. The molecule has 1 aromatic heterocycles. The number of thiophene rings is 1. The molecule has 1 atom stereocenters. The SMILES string of the molecule is CC1(C)c2ccccc2-c2ccc(-c3ccc(N(c4ccc5c(c4)C4(c6ccccc6-5)c5ccccc5-c5sc6ccccc6c54)c4ccccc4-c4ccccc4)cc3)cc21. The van der Waals surface area contributed by atoms with Gasteiger partial charge in [0, 0.05) is 31.9 Å². The van der Waals surface area contributed by atoms with Crippen LogP contribution in [-0.2, 0) is 10.8 Å². The van der Waals surface area contributed by atoms with Gasteiger partial charge in [-0.15, -0.1) is 11.3 Å². The molecule has 1 heterocycles. The third-order valence-corrected chi connectivity index (χ3v) is 15.3. The van der Waals surface area contributed by atoms with Crippen LogP contribution in [0, 0.1) is 0 Å². The van der Waals surface area contributed by atoms with Gasteiger partial charge in [0.1, 0.15) is 0 Å². The molecule has 2 heteroatoms. The zero-order valence-corrected chi connectivity index (χ0v) is 35.4. The number of fused-ring (bicyclic) bond motifs is 15. The van der Waals surface area contributed by atoms with Gasteiger partial charge >= 0.3 is 0 Å². The second-order valence-corrected chi connectivity index (χ2v) is 18.6. The van der Waals surface area contributed by atoms with Crippen molar-refractivity contribution in [2.45, 2.75) is 24.7 Å². The Morgan fingerprint density at radius 1 is 0.371 bits per heavy atom. The van der Waals surface area contributed by atoms with E-state index in [-0.39, 0.29) is 5.41 Å². The average Bonchev–Trinajstić information content (AvgIpc) is 4.01. The van der Waals surface area contributed by atoms with Crippen molar-refractivity contribution in [2.75, 3.05) is 4.90 Å². The van der Waals surface area contributed by atoms with Gasteiger partial charge in [0.2, 0.25) is 0 Å². The highest BCUT2D eigenvalue weighted by atomic mass is 32.1. The second-order valence-electron chi connectivity index (χ2n) is 17.6. The number of anilines is 3. The molecule has 1 spiro atoms. The minimum atomic E-state index is -0.455. The molecule has 62 heavy (non-hydrogen) atoms. The smallest absolute Gasteiger partial charge is 0.0740 e. The maximum absolute atomic E-state index is 2.52. The molecule has 0 radical (unpaired) electrons. The summed E-state index contributed by atoms with van der Waals surface area (Å²) < 4.78 is 1.34. The predicted molar refractivity (Wildman–Crippen MR) is 261 cm³/mol. The Morgan fingerprint density at radius 2 is 0.919 bits per heavy atom. The van der Waals surface area contributed by atoms with E-state index in [1.165, 1.54) is 98.4 Å². The standard InChI is InChI=1S/C60H41NS/c1-59(2)50-23-11-6-19-44(50)46-34-30-40(36-53(46)59)38-28-31-41(32-29-38)61(55-26-14-9-18-43(55)39-16-4-3-5-17-39)42-33-35-47-45-20-7-12-24-51(45)60(54(47)37-42)52-25-13-8-21-48(52)58-57(60)49-22-10-15-27-56(49)62-58/h3-37H,1-2H3. The van der Waals surface area contributed by atoms with Crippen LogP contribution in [0.25, 0.3) is 65.0 Å². The lowest BCUT2D eigenvalue weighted by Crippen LogP contribution is -2.26. The Bertz CT molecular complexity index is 3440. The molecule has 1 unspecified atom stereocenters. The van der Waals surface area contributed by atoms with E-state index in [4.69, 9.17) is 0 Å². The van der Waals surface area contributed by atoms with Gasteiger partial charge in [0.25, 0.3) is 0 Å². The molecule has 0 bridgehead atoms. The molecule has 0 saturated heterocycles. The molecule has 0 fully saturated rings. The molecule has 0 aliphatic heterocycles. The minimum Gasteiger partial charge on any atom is -0.310 e. The summed E-state index contributed by atoms with van der Waals surface area (Å²) in [6, 6.07) is 79.5. The fraction of sp³-hybridized carbons (Fsp3) is 0.0667. The lowest BCUT2D eigenvalue weighted by Gasteiger charge is -2.32. The molecule has 292 valence electrons. The topological polar surface area (TPSA) is 3.24 Å². The van der Waals surface area contributed by atoms with Crippen LogP contribution in [0.3, 0.4) is 0 Å². The first-order chi connectivity index (χ1) is 30.5. The van der Waals surface area contributed by atoms with E-state index >= 15 is 0 Å². The Hall–Kier alpha value is -7.26. The lowest BCUT2D eigenvalue weighted by atomic mass is 9.70. The van der Waals surface area contributed by atoms with E-state index in [1.807, 2.05) is 11.3 Å². The van der Waals surface area contributed by atoms with Crippen LogP contribution >= 0.6 is 11.3 Å². The highest BCUT2D eigenvalue weighted by molar-refractivity contribution is 7.22. The molecule has 9 aromatic carbocycles. The maximum atomic E-state index is 2.52. The quantitative estimate of drug-likeness (QED) is 0.167. The average molecular weight is 808 g/mol. The van der Waals surface area contributed by atoms with E-state index in [2.05, 4.69) is 231 Å². The first-order valence-electron chi connectivity index (χ1n) is 21.7. The summed E-state index contributed by atoms with van der Waals surface area (Å²) >= 11 is 1.94. The minimum absolute atomic E-state index is 0.0552. The molecule has 0 saturated carbocycles. The second kappa shape index (κ2) is 13.1. The van der Waals surface area contributed by atoms with Crippen molar-refractivity contribution in [1.82, 2.24) is 0 Å². The summed E-state index contributed by atoms with van der Waals surface area (Å²) in [4.78, 5) is 3.87. The van der Waals surface area contributed by atoms with Crippen molar-refractivity contribution in [3.63, 3.8) is 0 Å². The molecular weight excluding hydrogens is 767 g/mol. The summed E-state index contributed by atoms with van der Waals surface area (Å²) in [6.07, 6.45) is 0. The summed E-state index contributed by atoms with van der Waals surface area (Å²) in [5.74, 6) is 0. The van der Waals surface area contributed by atoms with Crippen LogP contribution in [-0.4, -0.2) is 0 Å². The predicted octanol–water partition coefficient (Wildman–Crippen LogP) is 16.4. The van der Waals surface area contributed by atoms with Crippen molar-refractivity contribution in [3.05, 3.63) is 246 Å². The molecule has 10 aromatic rings. The van der Waals surface area contributed by atoms with E-state index in [9.17, 15) is 0 Å². The Balaban J connectivity index is 1.02. The Kier molecular flexibility index (Phi) is 7.51. The molecule has 13 rings (SSSR count). The van der Waals surface area contributed by atoms with Crippen LogP contribution in [0.15, 0.2) is 212 Å². The largest absolute Gasteiger partial charge is 0.310 e. The zero-order chi connectivity index (χ0) is 41.2. The number of benzene rings is 9. The first-order valence-corrected chi connectivity index (χ1v) is 22.5. The fourth-order valence-electron chi connectivity index (χ4n) is 11.4. The maximum Gasteiger partial charge on any atom is 0.0740 e. The third kappa shape index (κ3) is 4.79. The summed E-state index contributed by atoms with van der Waals surface area (Å²) in [5.41, 5.74) is 22.7. The van der Waals surface area contributed by atoms with Crippen molar-refractivity contribution < 1.29 is 0 Å². The van der Waals surface area contributed by atoms with Crippen molar-refractivity contribution in [2.24, 2.45) is 0 Å². The Labute approximate surface area is 366 Å². The summed E-state index contributed by atoms with van der Waals surface area (Å²) in [6.45, 7) is 4.72. The van der Waals surface area contributed by atoms with Crippen molar-refractivity contribution in [1.29, 1.82) is 0 Å². The van der Waals surface area contributed by atoms with Crippen LogP contribution in [0.5, 0.6) is 0 Å². The van der Waals surface area contributed by atoms with Crippen LogP contribution in [0.1, 0.15) is 47.2 Å². The monoisotopic (exact) mass is 807 g/mol. The molecule has 3 aliphatic rings. The zero-order valence-electron chi connectivity index (χ0n) is 34.6. The van der Waals surface area contributed by atoms with Crippen molar-refractivity contribution in [3.8, 4) is 54.9 Å². The Morgan fingerprint density at radius 3 is 1.71 bits per heavy atom. The molecule has 3 aliphatic carbocycles. The van der Waals surface area contributed by atoms with Gasteiger partial charge in [-0.25, -0.2) is 0 Å². The molecule has 1 nitrogen and oxygen atoms in total. The normalized spacial score (nSPS) is 15.8. The summed E-state index contributed by atoms with van der Waals surface area (Å²) in [7, 11) is 0. The van der Waals surface area contributed by atoms with Crippen LogP contribution < -0.4 is 4.90 Å². The van der Waals surface area contributed by atoms with E-state index in [0.29, 0.717) is 0 Å². The highest BCUT2D eigenvalue weighted by Gasteiger charge is 2.53. The lowest BCUT2D eigenvalue weighted by molar-refractivity contribution is 0.660. The number of para-hydroxylation sites is 1. The van der Waals surface area contributed by atoms with Gasteiger partial charge < -0.3 is 4.90 Å². The number of nitrogens with zero attached hydrogens (tertiary/aromatic N) is 1. The number of hydrogen-bond acceptors (Lipinski definition) is 2. The highest BCUT2D eigenvalue weighted by Crippen LogP contribution is 2.66. The van der Waals surface area contributed by atoms with Gasteiger partial charge in [-0.05, 0) is 126 Å². The van der Waals surface area contributed by atoms with Crippen LogP contribution in [0.2, 0.25) is 0 Å². The van der Waals surface area contributed by atoms with Gasteiger partial charge in [-0.2, -0.15) is 0 Å². The fourth-order valence-corrected chi connectivity index (χ4v) is 12.7. The van der Waals surface area contributed by atoms with E-state index < -0.39 is 5.41 Å². The van der Waals surface area contributed by atoms with Gasteiger partial charge in [0.05, 0.1) is 11.1 Å². The number of rotatable bonds is 5. The first kappa shape index (κ1) is 35.5. The number of hydrogen-bond donors (Lipinski definition) is 0. The molecule has 0 N–H and O–H groups in total. The van der Waals surface area contributed by atoms with E-state index in [0.717, 1.165) is 17.1 Å². The van der Waals surface area contributed by atoms with E-state index in [1.54, 1.807) is 0 Å². The van der Waals surface area contributed by atoms with Crippen LogP contribution in [0.4, 0.5) is 17.1 Å². The van der Waals surface area contributed by atoms with Gasteiger partial charge in [-0.1, -0.05) is 184 Å². The van der Waals surface area contributed by atoms with Crippen molar-refractivity contribution >= 4 is 38.5 Å².